The van der Waals surface area contributed by atoms with Gasteiger partial charge in [0.2, 0.25) is 0 Å². The first-order valence-electron chi connectivity index (χ1n) is 9.44. The predicted molar refractivity (Wildman–Crippen MR) is 105 cm³/mol. The highest BCUT2D eigenvalue weighted by molar-refractivity contribution is 6.31. The zero-order chi connectivity index (χ0) is 17.6. The Morgan fingerprint density at radius 2 is 1.54 bits per heavy atom. The monoisotopic (exact) mass is 352 g/mol. The molecule has 1 rings (SSSR count). The number of carbonyl (C=O) groups is 1. The van der Waals surface area contributed by atoms with Crippen molar-refractivity contribution in [1.29, 1.82) is 0 Å². The first-order valence-corrected chi connectivity index (χ1v) is 9.82. The largest absolute Gasteiger partial charge is 0.338 e. The van der Waals surface area contributed by atoms with Crippen LogP contribution in [0.15, 0.2) is 18.2 Å². The number of hydrogen-bond donors (Lipinski definition) is 2. The van der Waals surface area contributed by atoms with E-state index in [-0.39, 0.29) is 6.03 Å². The van der Waals surface area contributed by atoms with Gasteiger partial charge in [-0.3, -0.25) is 0 Å². The molecule has 1 aromatic rings. The zero-order valence-electron chi connectivity index (χ0n) is 15.3. The van der Waals surface area contributed by atoms with E-state index in [1.807, 2.05) is 19.1 Å². The first-order chi connectivity index (χ1) is 11.6. The Labute approximate surface area is 152 Å². The summed E-state index contributed by atoms with van der Waals surface area (Å²) in [4.78, 5) is 11.8. The molecule has 0 aliphatic heterocycles. The molecule has 0 saturated heterocycles. The first kappa shape index (κ1) is 20.8. The number of carbonyl (C=O) groups excluding carboxylic acids is 1. The number of halogens is 1. The van der Waals surface area contributed by atoms with Crippen molar-refractivity contribution < 1.29 is 4.79 Å². The molecule has 0 heterocycles. The van der Waals surface area contributed by atoms with Gasteiger partial charge in [0.05, 0.1) is 0 Å². The van der Waals surface area contributed by atoms with Crippen molar-refractivity contribution >= 4 is 23.3 Å². The molecule has 0 aliphatic carbocycles. The average molecular weight is 353 g/mol. The zero-order valence-corrected chi connectivity index (χ0v) is 16.1. The third kappa shape index (κ3) is 9.82. The molecule has 0 aromatic heterocycles. The predicted octanol–water partition coefficient (Wildman–Crippen LogP) is 6.69. The number of unbranched alkanes of at least 4 members (excludes halogenated alkanes) is 9. The van der Waals surface area contributed by atoms with Crippen LogP contribution in [0.5, 0.6) is 0 Å². The fraction of sp³-hybridized carbons (Fsp3) is 0.650. The minimum absolute atomic E-state index is 0.161. The number of amides is 2. The molecule has 0 atom stereocenters. The van der Waals surface area contributed by atoms with Crippen LogP contribution >= 0.6 is 11.6 Å². The van der Waals surface area contributed by atoms with E-state index < -0.39 is 0 Å². The van der Waals surface area contributed by atoms with Gasteiger partial charge in [0.25, 0.3) is 0 Å². The minimum Gasteiger partial charge on any atom is -0.338 e. The van der Waals surface area contributed by atoms with E-state index >= 15 is 0 Å². The van der Waals surface area contributed by atoms with E-state index in [9.17, 15) is 4.79 Å². The number of hydrogen-bond acceptors (Lipinski definition) is 1. The van der Waals surface area contributed by atoms with Crippen molar-refractivity contribution in [2.45, 2.75) is 78.1 Å². The molecule has 0 unspecified atom stereocenters. The lowest BCUT2D eigenvalue weighted by Crippen LogP contribution is -2.29. The van der Waals surface area contributed by atoms with Gasteiger partial charge in [-0.05, 0) is 31.0 Å². The highest BCUT2D eigenvalue weighted by atomic mass is 35.5. The van der Waals surface area contributed by atoms with E-state index in [1.165, 1.54) is 57.8 Å². The molecule has 0 aliphatic rings. The normalized spacial score (nSPS) is 10.6. The Bertz CT molecular complexity index is 477. The van der Waals surface area contributed by atoms with Gasteiger partial charge in [-0.1, -0.05) is 82.4 Å². The standard InChI is InChI=1S/C20H33ClN2O/c1-3-4-5-6-7-8-9-10-11-12-15-22-20(24)23-18-14-13-17(2)19(21)16-18/h13-14,16H,3-12,15H2,1-2H3,(H2,22,23,24). The van der Waals surface area contributed by atoms with Gasteiger partial charge >= 0.3 is 6.03 Å². The summed E-state index contributed by atoms with van der Waals surface area (Å²) in [7, 11) is 0. The highest BCUT2D eigenvalue weighted by Gasteiger charge is 2.03. The van der Waals surface area contributed by atoms with Gasteiger partial charge < -0.3 is 10.6 Å². The van der Waals surface area contributed by atoms with Crippen LogP contribution in [0.2, 0.25) is 5.02 Å². The van der Waals surface area contributed by atoms with Gasteiger partial charge in [-0.2, -0.15) is 0 Å². The Balaban J connectivity index is 1.97. The molecular weight excluding hydrogens is 320 g/mol. The molecule has 3 nitrogen and oxygen atoms in total. The molecule has 0 radical (unpaired) electrons. The lowest BCUT2D eigenvalue weighted by Gasteiger charge is -2.08. The summed E-state index contributed by atoms with van der Waals surface area (Å²) in [6, 6.07) is 5.38. The number of benzene rings is 1. The second kappa shape index (κ2) is 13.1. The summed E-state index contributed by atoms with van der Waals surface area (Å²) in [5.41, 5.74) is 1.74. The molecule has 0 bridgehead atoms. The lowest BCUT2D eigenvalue weighted by molar-refractivity contribution is 0.252. The molecule has 0 spiro atoms. The van der Waals surface area contributed by atoms with Gasteiger partial charge in [0.1, 0.15) is 0 Å². The summed E-state index contributed by atoms with van der Waals surface area (Å²) < 4.78 is 0. The minimum atomic E-state index is -0.161. The molecule has 0 saturated carbocycles. The lowest BCUT2D eigenvalue weighted by atomic mass is 10.1. The van der Waals surface area contributed by atoms with Crippen LogP contribution in [-0.2, 0) is 0 Å². The van der Waals surface area contributed by atoms with Crippen molar-refractivity contribution in [2.24, 2.45) is 0 Å². The van der Waals surface area contributed by atoms with Crippen LogP contribution < -0.4 is 10.6 Å². The topological polar surface area (TPSA) is 41.1 Å². The average Bonchev–Trinajstić information content (AvgIpc) is 2.56. The third-order valence-electron chi connectivity index (χ3n) is 4.25. The maximum atomic E-state index is 11.8. The van der Waals surface area contributed by atoms with E-state index in [0.717, 1.165) is 24.2 Å². The van der Waals surface area contributed by atoms with Crippen LogP contribution in [0.25, 0.3) is 0 Å². The van der Waals surface area contributed by atoms with Crippen molar-refractivity contribution in [2.75, 3.05) is 11.9 Å². The van der Waals surface area contributed by atoms with Gasteiger partial charge in [0.15, 0.2) is 0 Å². The number of anilines is 1. The van der Waals surface area contributed by atoms with Crippen LogP contribution in [0, 0.1) is 6.92 Å². The Morgan fingerprint density at radius 1 is 0.958 bits per heavy atom. The molecule has 2 N–H and O–H groups in total. The Kier molecular flexibility index (Phi) is 11.4. The van der Waals surface area contributed by atoms with Crippen LogP contribution in [0.1, 0.15) is 76.7 Å². The summed E-state index contributed by atoms with van der Waals surface area (Å²) in [5.74, 6) is 0. The molecule has 136 valence electrons. The molecular formula is C20H33ClN2O. The quantitative estimate of drug-likeness (QED) is 0.404. The molecule has 1 aromatic carbocycles. The maximum absolute atomic E-state index is 11.8. The number of rotatable bonds is 12. The van der Waals surface area contributed by atoms with E-state index in [4.69, 9.17) is 11.6 Å². The van der Waals surface area contributed by atoms with Crippen LogP contribution in [-0.4, -0.2) is 12.6 Å². The number of nitrogens with one attached hydrogen (secondary N) is 2. The fourth-order valence-electron chi connectivity index (χ4n) is 2.66. The van der Waals surface area contributed by atoms with Gasteiger partial charge in [-0.15, -0.1) is 0 Å². The maximum Gasteiger partial charge on any atom is 0.319 e. The molecule has 24 heavy (non-hydrogen) atoms. The van der Waals surface area contributed by atoms with E-state index in [1.54, 1.807) is 6.07 Å². The second-order valence-corrected chi connectivity index (χ2v) is 6.93. The van der Waals surface area contributed by atoms with Crippen LogP contribution in [0.4, 0.5) is 10.5 Å². The van der Waals surface area contributed by atoms with Gasteiger partial charge in [-0.25, -0.2) is 4.79 Å². The summed E-state index contributed by atoms with van der Waals surface area (Å²) in [5, 5.41) is 6.38. The SMILES string of the molecule is CCCCCCCCCCCCNC(=O)Nc1ccc(C)c(Cl)c1. The molecule has 2 amide bonds. The molecule has 0 fully saturated rings. The second-order valence-electron chi connectivity index (χ2n) is 6.53. The number of urea groups is 1. The van der Waals surface area contributed by atoms with Crippen molar-refractivity contribution in [3.63, 3.8) is 0 Å². The summed E-state index contributed by atoms with van der Waals surface area (Å²) >= 11 is 6.05. The van der Waals surface area contributed by atoms with Crippen molar-refractivity contribution in [3.05, 3.63) is 28.8 Å². The van der Waals surface area contributed by atoms with E-state index in [2.05, 4.69) is 17.6 Å². The fourth-order valence-corrected chi connectivity index (χ4v) is 2.84. The van der Waals surface area contributed by atoms with E-state index in [0.29, 0.717) is 5.02 Å². The smallest absolute Gasteiger partial charge is 0.319 e. The third-order valence-corrected chi connectivity index (χ3v) is 4.65. The summed E-state index contributed by atoms with van der Waals surface area (Å²) in [6.07, 6.45) is 13.0. The van der Waals surface area contributed by atoms with Crippen molar-refractivity contribution in [1.82, 2.24) is 5.32 Å². The summed E-state index contributed by atoms with van der Waals surface area (Å²) in [6.45, 7) is 4.92. The van der Waals surface area contributed by atoms with Crippen LogP contribution in [0.3, 0.4) is 0 Å². The van der Waals surface area contributed by atoms with Gasteiger partial charge in [0, 0.05) is 17.3 Å². The number of aryl methyl sites for hydroxylation is 1. The Hall–Kier alpha value is -1.22. The van der Waals surface area contributed by atoms with Crippen molar-refractivity contribution in [3.8, 4) is 0 Å². The highest BCUT2D eigenvalue weighted by Crippen LogP contribution is 2.19. The molecule has 4 heteroatoms. The Morgan fingerprint density at radius 3 is 2.12 bits per heavy atom.